The van der Waals surface area contributed by atoms with E-state index in [1.165, 1.54) is 0 Å². The van der Waals surface area contributed by atoms with Crippen molar-refractivity contribution >= 4 is 11.9 Å². The van der Waals surface area contributed by atoms with E-state index in [1.807, 2.05) is 30.3 Å². The number of oxazole rings is 1. The number of carboxylic acid groups (broad SMARTS) is 1. The Kier molecular flexibility index (Phi) is 4.64. The number of amides is 1. The van der Waals surface area contributed by atoms with Gasteiger partial charge in [-0.15, -0.1) is 0 Å². The maximum absolute atomic E-state index is 11.9. The Morgan fingerprint density at radius 1 is 1.25 bits per heavy atom. The third-order valence-electron chi connectivity index (χ3n) is 4.40. The number of aromatic nitrogens is 1. The van der Waals surface area contributed by atoms with E-state index in [9.17, 15) is 14.7 Å². The summed E-state index contributed by atoms with van der Waals surface area (Å²) in [5.74, 6) is 0.113. The molecule has 0 atom stereocenters. The Hall–Kier alpha value is -2.63. The van der Waals surface area contributed by atoms with E-state index in [0.29, 0.717) is 37.3 Å². The summed E-state index contributed by atoms with van der Waals surface area (Å²) in [5.41, 5.74) is -0.0806. The van der Waals surface area contributed by atoms with E-state index < -0.39 is 11.5 Å². The number of nitrogens with one attached hydrogen (secondary N) is 1. The van der Waals surface area contributed by atoms with Gasteiger partial charge < -0.3 is 14.8 Å². The largest absolute Gasteiger partial charge is 0.480 e. The number of hydrogen-bond donors (Lipinski definition) is 2. The highest BCUT2D eigenvalue weighted by molar-refractivity contribution is 5.87. The number of carboxylic acids is 1. The van der Waals surface area contributed by atoms with E-state index in [0.717, 1.165) is 12.0 Å². The molecular weight excluding hydrogens is 308 g/mol. The molecule has 126 valence electrons. The SMILES string of the molecule is O=C(CCCc1ncc(-c2ccccc2)o1)NC1(C(=O)O)CCC1. The predicted octanol–water partition coefficient (Wildman–Crippen LogP) is 2.79. The van der Waals surface area contributed by atoms with Crippen LogP contribution in [0.4, 0.5) is 0 Å². The van der Waals surface area contributed by atoms with Crippen LogP contribution in [0.25, 0.3) is 11.3 Å². The smallest absolute Gasteiger partial charge is 0.329 e. The average Bonchev–Trinajstić information content (AvgIpc) is 3.00. The second-order valence-electron chi connectivity index (χ2n) is 6.13. The molecule has 1 aliphatic rings. The minimum Gasteiger partial charge on any atom is -0.480 e. The van der Waals surface area contributed by atoms with Gasteiger partial charge in [0.15, 0.2) is 11.7 Å². The van der Waals surface area contributed by atoms with Gasteiger partial charge in [0.05, 0.1) is 6.20 Å². The monoisotopic (exact) mass is 328 g/mol. The van der Waals surface area contributed by atoms with Crippen molar-refractivity contribution in [2.45, 2.75) is 44.1 Å². The lowest BCUT2D eigenvalue weighted by Crippen LogP contribution is -2.59. The topological polar surface area (TPSA) is 92.4 Å². The van der Waals surface area contributed by atoms with Crippen molar-refractivity contribution < 1.29 is 19.1 Å². The summed E-state index contributed by atoms with van der Waals surface area (Å²) < 4.78 is 5.69. The number of hydrogen-bond acceptors (Lipinski definition) is 4. The fourth-order valence-electron chi connectivity index (χ4n) is 2.81. The van der Waals surface area contributed by atoms with Crippen LogP contribution < -0.4 is 5.32 Å². The van der Waals surface area contributed by atoms with Gasteiger partial charge in [-0.25, -0.2) is 9.78 Å². The van der Waals surface area contributed by atoms with Gasteiger partial charge in [-0.3, -0.25) is 4.79 Å². The minimum atomic E-state index is -1.04. The van der Waals surface area contributed by atoms with Crippen LogP contribution in [0.3, 0.4) is 0 Å². The first-order valence-electron chi connectivity index (χ1n) is 8.14. The van der Waals surface area contributed by atoms with Gasteiger partial charge in [0.1, 0.15) is 5.54 Å². The van der Waals surface area contributed by atoms with Crippen molar-refractivity contribution in [2.24, 2.45) is 0 Å². The summed E-state index contributed by atoms with van der Waals surface area (Å²) in [5, 5.41) is 11.9. The highest BCUT2D eigenvalue weighted by Gasteiger charge is 2.45. The van der Waals surface area contributed by atoms with Crippen LogP contribution in [0, 0.1) is 0 Å². The summed E-state index contributed by atoms with van der Waals surface area (Å²) >= 11 is 0. The molecule has 6 heteroatoms. The van der Waals surface area contributed by atoms with Crippen molar-refractivity contribution in [3.05, 3.63) is 42.4 Å². The summed E-state index contributed by atoms with van der Waals surface area (Å²) in [6, 6.07) is 9.69. The molecule has 6 nitrogen and oxygen atoms in total. The Morgan fingerprint density at radius 3 is 2.62 bits per heavy atom. The lowest BCUT2D eigenvalue weighted by molar-refractivity contribution is -0.151. The molecule has 3 rings (SSSR count). The van der Waals surface area contributed by atoms with Gasteiger partial charge in [0.25, 0.3) is 0 Å². The van der Waals surface area contributed by atoms with Gasteiger partial charge in [0.2, 0.25) is 5.91 Å². The molecule has 24 heavy (non-hydrogen) atoms. The van der Waals surface area contributed by atoms with E-state index >= 15 is 0 Å². The second-order valence-corrected chi connectivity index (χ2v) is 6.13. The number of aliphatic carboxylic acids is 1. The third-order valence-corrected chi connectivity index (χ3v) is 4.40. The number of benzene rings is 1. The van der Waals surface area contributed by atoms with Crippen LogP contribution >= 0.6 is 0 Å². The summed E-state index contributed by atoms with van der Waals surface area (Å²) in [6.07, 6.45) is 4.90. The Labute approximate surface area is 139 Å². The zero-order valence-electron chi connectivity index (χ0n) is 13.3. The molecule has 1 aliphatic carbocycles. The summed E-state index contributed by atoms with van der Waals surface area (Å²) in [4.78, 5) is 27.4. The molecule has 0 bridgehead atoms. The normalized spacial score (nSPS) is 15.5. The lowest BCUT2D eigenvalue weighted by Gasteiger charge is -2.38. The standard InChI is InChI=1S/C18H20N2O4/c21-15(20-18(17(22)23)10-5-11-18)8-4-9-16-19-12-14(24-16)13-6-2-1-3-7-13/h1-3,6-7,12H,4-5,8-11H2,(H,20,21)(H,22,23). The van der Waals surface area contributed by atoms with Crippen LogP contribution in [0.15, 0.2) is 40.9 Å². The fraction of sp³-hybridized carbons (Fsp3) is 0.389. The molecule has 1 aromatic heterocycles. The van der Waals surface area contributed by atoms with Crippen molar-refractivity contribution in [3.63, 3.8) is 0 Å². The molecule has 1 amide bonds. The maximum Gasteiger partial charge on any atom is 0.329 e. The van der Waals surface area contributed by atoms with Crippen LogP contribution in [-0.4, -0.2) is 27.5 Å². The molecule has 1 saturated carbocycles. The molecule has 1 heterocycles. The summed E-state index contributed by atoms with van der Waals surface area (Å²) in [6.45, 7) is 0. The van der Waals surface area contributed by atoms with E-state index in [1.54, 1.807) is 6.20 Å². The maximum atomic E-state index is 11.9. The molecule has 1 aromatic carbocycles. The molecule has 1 fully saturated rings. The van der Waals surface area contributed by atoms with Crippen molar-refractivity contribution in [1.82, 2.24) is 10.3 Å². The molecule has 0 spiro atoms. The first-order valence-corrected chi connectivity index (χ1v) is 8.14. The van der Waals surface area contributed by atoms with Crippen molar-refractivity contribution in [3.8, 4) is 11.3 Å². The van der Waals surface area contributed by atoms with Crippen molar-refractivity contribution in [1.29, 1.82) is 0 Å². The first kappa shape index (κ1) is 16.2. The predicted molar refractivity (Wildman–Crippen MR) is 87.2 cm³/mol. The molecule has 0 radical (unpaired) electrons. The van der Waals surface area contributed by atoms with E-state index in [-0.39, 0.29) is 12.3 Å². The van der Waals surface area contributed by atoms with Gasteiger partial charge in [-0.2, -0.15) is 0 Å². The van der Waals surface area contributed by atoms with Crippen LogP contribution in [-0.2, 0) is 16.0 Å². The minimum absolute atomic E-state index is 0.230. The quantitative estimate of drug-likeness (QED) is 0.815. The van der Waals surface area contributed by atoms with Gasteiger partial charge in [-0.05, 0) is 25.7 Å². The number of nitrogens with zero attached hydrogens (tertiary/aromatic N) is 1. The highest BCUT2D eigenvalue weighted by atomic mass is 16.4. The van der Waals surface area contributed by atoms with Gasteiger partial charge >= 0.3 is 5.97 Å². The van der Waals surface area contributed by atoms with Crippen LogP contribution in [0.1, 0.15) is 38.0 Å². The van der Waals surface area contributed by atoms with Crippen LogP contribution in [0.2, 0.25) is 0 Å². The third kappa shape index (κ3) is 3.48. The summed E-state index contributed by atoms with van der Waals surface area (Å²) in [7, 11) is 0. The molecule has 0 aliphatic heterocycles. The number of carbonyl (C=O) groups is 2. The molecule has 0 unspecified atom stereocenters. The fourth-order valence-corrected chi connectivity index (χ4v) is 2.81. The van der Waals surface area contributed by atoms with Crippen molar-refractivity contribution in [2.75, 3.05) is 0 Å². The lowest BCUT2D eigenvalue weighted by atomic mass is 9.76. The van der Waals surface area contributed by atoms with Gasteiger partial charge in [0, 0.05) is 18.4 Å². The number of carbonyl (C=O) groups excluding carboxylic acids is 1. The highest BCUT2D eigenvalue weighted by Crippen LogP contribution is 2.32. The van der Waals surface area contributed by atoms with Crippen LogP contribution in [0.5, 0.6) is 0 Å². The first-order chi connectivity index (χ1) is 11.6. The van der Waals surface area contributed by atoms with E-state index in [4.69, 9.17) is 4.42 Å². The Balaban J connectivity index is 1.48. The number of rotatable bonds is 7. The average molecular weight is 328 g/mol. The van der Waals surface area contributed by atoms with E-state index in [2.05, 4.69) is 10.3 Å². The number of aryl methyl sites for hydroxylation is 1. The molecule has 0 saturated heterocycles. The second kappa shape index (κ2) is 6.86. The molecule has 2 N–H and O–H groups in total. The van der Waals surface area contributed by atoms with Gasteiger partial charge in [-0.1, -0.05) is 30.3 Å². The Morgan fingerprint density at radius 2 is 2.00 bits per heavy atom. The zero-order chi connectivity index (χ0) is 17.0. The molecule has 2 aromatic rings. The zero-order valence-corrected chi connectivity index (χ0v) is 13.3. The molecular formula is C18H20N2O4. The Bertz CT molecular complexity index is 720.